The number of nitrogens with zero attached hydrogens (tertiary/aromatic N) is 1. The van der Waals surface area contributed by atoms with Gasteiger partial charge in [0.25, 0.3) is 5.91 Å². The van der Waals surface area contributed by atoms with E-state index in [2.05, 4.69) is 17.1 Å². The predicted octanol–water partition coefficient (Wildman–Crippen LogP) is 2.43. The molecule has 3 N–H and O–H groups in total. The zero-order valence-electron chi connectivity index (χ0n) is 13.2. The summed E-state index contributed by atoms with van der Waals surface area (Å²) in [6.07, 6.45) is 3.60. The molecule has 21 heavy (non-hydrogen) atoms. The van der Waals surface area contributed by atoms with Gasteiger partial charge in [0.2, 0.25) is 0 Å². The molecule has 1 aromatic rings. The number of aryl methyl sites for hydroxylation is 1. The summed E-state index contributed by atoms with van der Waals surface area (Å²) in [5, 5.41) is 2.99. The standard InChI is InChI=1S/C17H27N3O/c1-13-6-10-20(11-7-13)9-3-8-19-17(21)16-12-15(18)5-4-14(16)2/h4-5,12-13H,3,6-11,18H2,1-2H3,(H,19,21). The highest BCUT2D eigenvalue weighted by molar-refractivity contribution is 5.96. The quantitative estimate of drug-likeness (QED) is 0.646. The van der Waals surface area contributed by atoms with Crippen LogP contribution in [0.25, 0.3) is 0 Å². The molecule has 0 aromatic heterocycles. The van der Waals surface area contributed by atoms with Gasteiger partial charge >= 0.3 is 0 Å². The van der Waals surface area contributed by atoms with Gasteiger partial charge < -0.3 is 16.0 Å². The number of likely N-dealkylation sites (tertiary alicyclic amines) is 1. The molecule has 0 bridgehead atoms. The molecule has 0 saturated carbocycles. The number of carbonyl (C=O) groups is 1. The second-order valence-corrected chi connectivity index (χ2v) is 6.21. The first-order valence-electron chi connectivity index (χ1n) is 7.93. The Morgan fingerprint density at radius 3 is 2.81 bits per heavy atom. The number of carbonyl (C=O) groups excluding carboxylic acids is 1. The van der Waals surface area contributed by atoms with Crippen molar-refractivity contribution in [2.75, 3.05) is 31.9 Å². The number of nitrogens with one attached hydrogen (secondary N) is 1. The second kappa shape index (κ2) is 7.46. The van der Waals surface area contributed by atoms with Crippen molar-refractivity contribution in [3.8, 4) is 0 Å². The van der Waals surface area contributed by atoms with Crippen LogP contribution in [0.5, 0.6) is 0 Å². The SMILES string of the molecule is Cc1ccc(N)cc1C(=O)NCCCN1CCC(C)CC1. The molecule has 0 spiro atoms. The zero-order valence-corrected chi connectivity index (χ0v) is 13.2. The van der Waals surface area contributed by atoms with E-state index in [1.165, 1.54) is 25.9 Å². The highest BCUT2D eigenvalue weighted by Crippen LogP contribution is 2.16. The van der Waals surface area contributed by atoms with Gasteiger partial charge in [-0.25, -0.2) is 0 Å². The molecule has 116 valence electrons. The van der Waals surface area contributed by atoms with Crippen molar-refractivity contribution >= 4 is 11.6 Å². The van der Waals surface area contributed by atoms with E-state index in [1.54, 1.807) is 6.07 Å². The third-order valence-electron chi connectivity index (χ3n) is 4.32. The lowest BCUT2D eigenvalue weighted by Gasteiger charge is -2.30. The van der Waals surface area contributed by atoms with Crippen LogP contribution < -0.4 is 11.1 Å². The molecular formula is C17H27N3O. The number of anilines is 1. The first-order valence-corrected chi connectivity index (χ1v) is 7.93. The van der Waals surface area contributed by atoms with Crippen LogP contribution >= 0.6 is 0 Å². The Bertz CT molecular complexity index is 479. The van der Waals surface area contributed by atoms with Crippen molar-refractivity contribution in [3.63, 3.8) is 0 Å². The van der Waals surface area contributed by atoms with E-state index in [0.29, 0.717) is 11.3 Å². The Morgan fingerprint density at radius 2 is 2.10 bits per heavy atom. The van der Waals surface area contributed by atoms with Gasteiger partial charge in [0.1, 0.15) is 0 Å². The van der Waals surface area contributed by atoms with Crippen LogP contribution in [0.1, 0.15) is 42.1 Å². The average Bonchev–Trinajstić information content (AvgIpc) is 2.47. The maximum atomic E-state index is 12.1. The van der Waals surface area contributed by atoms with E-state index in [-0.39, 0.29) is 5.91 Å². The summed E-state index contributed by atoms with van der Waals surface area (Å²) >= 11 is 0. The Kier molecular flexibility index (Phi) is 5.62. The highest BCUT2D eigenvalue weighted by atomic mass is 16.1. The number of hydrogen-bond donors (Lipinski definition) is 2. The lowest BCUT2D eigenvalue weighted by atomic mass is 9.99. The summed E-state index contributed by atoms with van der Waals surface area (Å²) in [4.78, 5) is 14.6. The van der Waals surface area contributed by atoms with E-state index in [4.69, 9.17) is 5.73 Å². The third kappa shape index (κ3) is 4.74. The van der Waals surface area contributed by atoms with Crippen LogP contribution in [0.4, 0.5) is 5.69 Å². The molecule has 1 fully saturated rings. The topological polar surface area (TPSA) is 58.4 Å². The Labute approximate surface area is 127 Å². The van der Waals surface area contributed by atoms with Gasteiger partial charge in [-0.1, -0.05) is 13.0 Å². The molecule has 4 nitrogen and oxygen atoms in total. The molecule has 0 radical (unpaired) electrons. The Hall–Kier alpha value is -1.55. The molecule has 1 saturated heterocycles. The van der Waals surface area contributed by atoms with Gasteiger partial charge in [0.05, 0.1) is 0 Å². The van der Waals surface area contributed by atoms with E-state index in [1.807, 2.05) is 19.1 Å². The van der Waals surface area contributed by atoms with Crippen molar-refractivity contribution in [2.24, 2.45) is 5.92 Å². The van der Waals surface area contributed by atoms with E-state index >= 15 is 0 Å². The number of nitrogen functional groups attached to an aromatic ring is 1. The Balaban J connectivity index is 1.71. The van der Waals surface area contributed by atoms with Gasteiger partial charge in [-0.05, 0) is 69.4 Å². The van der Waals surface area contributed by atoms with E-state index in [9.17, 15) is 4.79 Å². The summed E-state index contributed by atoms with van der Waals surface area (Å²) in [7, 11) is 0. The van der Waals surface area contributed by atoms with Gasteiger partial charge in [-0.2, -0.15) is 0 Å². The van der Waals surface area contributed by atoms with E-state index in [0.717, 1.165) is 31.0 Å². The molecule has 0 unspecified atom stereocenters. The molecule has 1 aliphatic heterocycles. The van der Waals surface area contributed by atoms with Crippen LogP contribution in [0, 0.1) is 12.8 Å². The molecule has 2 rings (SSSR count). The summed E-state index contributed by atoms with van der Waals surface area (Å²) in [5.74, 6) is 0.847. The molecule has 1 heterocycles. The van der Waals surface area contributed by atoms with Crippen LogP contribution in [-0.4, -0.2) is 37.0 Å². The number of amides is 1. The van der Waals surface area contributed by atoms with Crippen molar-refractivity contribution < 1.29 is 4.79 Å². The zero-order chi connectivity index (χ0) is 15.2. The van der Waals surface area contributed by atoms with Crippen LogP contribution in [0.3, 0.4) is 0 Å². The van der Waals surface area contributed by atoms with Gasteiger partial charge in [0, 0.05) is 17.8 Å². The number of hydrogen-bond acceptors (Lipinski definition) is 3. The van der Waals surface area contributed by atoms with Crippen LogP contribution in [0.2, 0.25) is 0 Å². The number of nitrogens with two attached hydrogens (primary N) is 1. The number of rotatable bonds is 5. The highest BCUT2D eigenvalue weighted by Gasteiger charge is 2.15. The fraction of sp³-hybridized carbons (Fsp3) is 0.588. The normalized spacial score (nSPS) is 16.9. The minimum Gasteiger partial charge on any atom is -0.399 e. The number of piperidine rings is 1. The molecule has 1 aromatic carbocycles. The van der Waals surface area contributed by atoms with E-state index < -0.39 is 0 Å². The fourth-order valence-corrected chi connectivity index (χ4v) is 2.77. The predicted molar refractivity (Wildman–Crippen MR) is 87.4 cm³/mol. The summed E-state index contributed by atoms with van der Waals surface area (Å²) in [6, 6.07) is 5.46. The minimum atomic E-state index is -0.0212. The van der Waals surface area contributed by atoms with Crippen molar-refractivity contribution in [3.05, 3.63) is 29.3 Å². The molecule has 1 aliphatic rings. The minimum absolute atomic E-state index is 0.0212. The smallest absolute Gasteiger partial charge is 0.251 e. The molecule has 4 heteroatoms. The molecule has 0 atom stereocenters. The largest absolute Gasteiger partial charge is 0.399 e. The van der Waals surface area contributed by atoms with Crippen LogP contribution in [0.15, 0.2) is 18.2 Å². The van der Waals surface area contributed by atoms with Crippen LogP contribution in [-0.2, 0) is 0 Å². The summed E-state index contributed by atoms with van der Waals surface area (Å²) < 4.78 is 0. The summed E-state index contributed by atoms with van der Waals surface area (Å²) in [5.41, 5.74) is 8.02. The Morgan fingerprint density at radius 1 is 1.38 bits per heavy atom. The first-order chi connectivity index (χ1) is 10.1. The fourth-order valence-electron chi connectivity index (χ4n) is 2.77. The molecule has 0 aliphatic carbocycles. The van der Waals surface area contributed by atoms with Crippen molar-refractivity contribution in [2.45, 2.75) is 33.1 Å². The van der Waals surface area contributed by atoms with Gasteiger partial charge in [-0.15, -0.1) is 0 Å². The maximum absolute atomic E-state index is 12.1. The first kappa shape index (κ1) is 15.8. The maximum Gasteiger partial charge on any atom is 0.251 e. The summed E-state index contributed by atoms with van der Waals surface area (Å²) in [6.45, 7) is 8.45. The lowest BCUT2D eigenvalue weighted by molar-refractivity contribution is 0.0950. The third-order valence-corrected chi connectivity index (χ3v) is 4.32. The average molecular weight is 289 g/mol. The molecular weight excluding hydrogens is 262 g/mol. The lowest BCUT2D eigenvalue weighted by Crippen LogP contribution is -2.35. The van der Waals surface area contributed by atoms with Crippen molar-refractivity contribution in [1.82, 2.24) is 10.2 Å². The van der Waals surface area contributed by atoms with Crippen molar-refractivity contribution in [1.29, 1.82) is 0 Å². The van der Waals surface area contributed by atoms with Gasteiger partial charge in [-0.3, -0.25) is 4.79 Å². The number of benzene rings is 1. The van der Waals surface area contributed by atoms with Gasteiger partial charge in [0.15, 0.2) is 0 Å². The molecule has 1 amide bonds. The monoisotopic (exact) mass is 289 g/mol. The second-order valence-electron chi connectivity index (χ2n) is 6.21.